The second-order valence-electron chi connectivity index (χ2n) is 8.42. The molecule has 1 fully saturated rings. The Morgan fingerprint density at radius 1 is 1.05 bits per heavy atom. The fourth-order valence-electron chi connectivity index (χ4n) is 4.45. The molecule has 0 radical (unpaired) electrons. The summed E-state index contributed by atoms with van der Waals surface area (Å²) in [5.41, 5.74) is 1.36. The van der Waals surface area contributed by atoms with Gasteiger partial charge in [-0.1, -0.05) is 35.2 Å². The molecular weight excluding hydrogens is 521 g/mol. The van der Waals surface area contributed by atoms with Crippen molar-refractivity contribution in [2.45, 2.75) is 29.7 Å². The summed E-state index contributed by atoms with van der Waals surface area (Å²) in [4.78, 5) is 63.0. The van der Waals surface area contributed by atoms with Gasteiger partial charge in [0.05, 0.1) is 23.1 Å². The fraction of sp³-hybridized carbons (Fsp3) is 0.240. The van der Waals surface area contributed by atoms with Crippen LogP contribution in [0.3, 0.4) is 0 Å². The molecule has 0 unspecified atom stereocenters. The third kappa shape index (κ3) is 4.69. The van der Waals surface area contributed by atoms with Crippen LogP contribution >= 0.6 is 23.1 Å². The van der Waals surface area contributed by atoms with E-state index in [4.69, 9.17) is 4.74 Å². The number of carbonyl (C=O) groups excluding carboxylic acids is 4. The minimum absolute atomic E-state index is 0.245. The van der Waals surface area contributed by atoms with Crippen LogP contribution in [0.15, 0.2) is 58.4 Å². The van der Waals surface area contributed by atoms with E-state index in [1.807, 2.05) is 0 Å². The number of thioether (sulfide) groups is 1. The van der Waals surface area contributed by atoms with Gasteiger partial charge in [0.1, 0.15) is 17.6 Å². The molecule has 2 aliphatic heterocycles. The van der Waals surface area contributed by atoms with E-state index in [0.717, 1.165) is 23.1 Å². The molecule has 1 aromatic heterocycles. The first kappa shape index (κ1) is 24.9. The Balaban J connectivity index is 1.43. The fourth-order valence-corrected chi connectivity index (χ4v) is 7.19. The average molecular weight is 542 g/mol. The number of amides is 3. The van der Waals surface area contributed by atoms with Gasteiger partial charge in [0.2, 0.25) is 17.7 Å². The summed E-state index contributed by atoms with van der Waals surface area (Å²) in [6.07, 6.45) is 0. The molecule has 5 rings (SSSR count). The molecule has 3 amide bonds. The molecule has 2 N–H and O–H groups in total. The molecule has 0 saturated carbocycles. The van der Waals surface area contributed by atoms with E-state index < -0.39 is 51.5 Å². The predicted octanol–water partition coefficient (Wildman–Crippen LogP) is 2.74. The molecule has 3 aromatic rings. The number of carbonyl (C=O) groups is 4. The highest BCUT2D eigenvalue weighted by Gasteiger charge is 2.52. The summed E-state index contributed by atoms with van der Waals surface area (Å²) in [7, 11) is 0. The van der Waals surface area contributed by atoms with Gasteiger partial charge in [0.15, 0.2) is 0 Å². The third-order valence-electron chi connectivity index (χ3n) is 6.10. The largest absolute Gasteiger partial charge is 0.462 e. The number of aromatic nitrogens is 1. The number of fused-ring (bicyclic) bond motifs is 2. The lowest BCUT2D eigenvalue weighted by atomic mass is 9.83. The monoisotopic (exact) mass is 541 g/mol. The smallest absolute Gasteiger partial charge is 0.338 e. The maximum atomic E-state index is 13.6. The molecule has 0 spiro atoms. The highest BCUT2D eigenvalue weighted by Crippen LogP contribution is 2.51. The standard InChI is InChI=1S/C25H20FN3O6S2/c1-2-35-24(33)13-5-9-15(10-6-13)27-16(30)11-29-23-20(37-25(29)34)17(12-3-7-14(26)8-4-12)18-19(36-23)22(32)28-21(18)31/h3-10,17-19H,2,11H2,1H3,(H,27,30)(H,28,31,32)/t17-,18+,19-/m0/s1. The van der Waals surface area contributed by atoms with E-state index in [1.165, 1.54) is 41.0 Å². The van der Waals surface area contributed by atoms with Crippen LogP contribution in [0.25, 0.3) is 0 Å². The molecule has 0 aliphatic carbocycles. The molecule has 2 aliphatic rings. The molecule has 9 nitrogen and oxygen atoms in total. The topological polar surface area (TPSA) is 124 Å². The molecule has 3 atom stereocenters. The minimum atomic E-state index is -0.784. The molecule has 2 aromatic carbocycles. The molecule has 1 saturated heterocycles. The number of rotatable bonds is 6. The van der Waals surface area contributed by atoms with Gasteiger partial charge in [-0.15, -0.1) is 0 Å². The number of imide groups is 1. The Morgan fingerprint density at radius 2 is 1.76 bits per heavy atom. The van der Waals surface area contributed by atoms with Crippen molar-refractivity contribution in [3.63, 3.8) is 0 Å². The van der Waals surface area contributed by atoms with Crippen molar-refractivity contribution in [2.75, 3.05) is 11.9 Å². The quantitative estimate of drug-likeness (QED) is 0.363. The van der Waals surface area contributed by atoms with Gasteiger partial charge < -0.3 is 10.1 Å². The van der Waals surface area contributed by atoms with Crippen molar-refractivity contribution in [3.8, 4) is 0 Å². The summed E-state index contributed by atoms with van der Waals surface area (Å²) in [5, 5.41) is 4.70. The zero-order valence-corrected chi connectivity index (χ0v) is 21.0. The van der Waals surface area contributed by atoms with Gasteiger partial charge >= 0.3 is 10.8 Å². The highest BCUT2D eigenvalue weighted by atomic mass is 32.2. The van der Waals surface area contributed by atoms with Crippen molar-refractivity contribution < 1.29 is 28.3 Å². The van der Waals surface area contributed by atoms with Gasteiger partial charge in [-0.3, -0.25) is 29.1 Å². The van der Waals surface area contributed by atoms with Gasteiger partial charge in [0, 0.05) is 16.5 Å². The Bertz CT molecular complexity index is 1470. The number of thiazole rings is 1. The number of hydrogen-bond donors (Lipinski definition) is 2. The van der Waals surface area contributed by atoms with E-state index in [9.17, 15) is 28.4 Å². The zero-order valence-electron chi connectivity index (χ0n) is 19.4. The first-order valence-electron chi connectivity index (χ1n) is 11.3. The van der Waals surface area contributed by atoms with Crippen molar-refractivity contribution in [1.29, 1.82) is 0 Å². The summed E-state index contributed by atoms with van der Waals surface area (Å²) >= 11 is 1.99. The predicted molar refractivity (Wildman–Crippen MR) is 134 cm³/mol. The van der Waals surface area contributed by atoms with Crippen molar-refractivity contribution in [2.24, 2.45) is 5.92 Å². The van der Waals surface area contributed by atoms with E-state index in [1.54, 1.807) is 19.1 Å². The summed E-state index contributed by atoms with van der Waals surface area (Å²) in [5.74, 6) is -3.71. The van der Waals surface area contributed by atoms with Crippen LogP contribution in [0.2, 0.25) is 0 Å². The Hall–Kier alpha value is -3.77. The van der Waals surface area contributed by atoms with Crippen LogP contribution in [0.5, 0.6) is 0 Å². The number of hydrogen-bond acceptors (Lipinski definition) is 8. The molecular formula is C25H20FN3O6S2. The van der Waals surface area contributed by atoms with E-state index in [-0.39, 0.29) is 13.2 Å². The van der Waals surface area contributed by atoms with Gasteiger partial charge in [-0.05, 0) is 48.9 Å². The second kappa shape index (κ2) is 9.94. The number of nitrogens with zero attached hydrogens (tertiary/aromatic N) is 1. The van der Waals surface area contributed by atoms with E-state index in [2.05, 4.69) is 10.6 Å². The normalized spacial score (nSPS) is 20.1. The third-order valence-corrected chi connectivity index (χ3v) is 8.71. The molecule has 12 heteroatoms. The molecule has 190 valence electrons. The maximum absolute atomic E-state index is 13.6. The Labute approximate surface area is 218 Å². The summed E-state index contributed by atoms with van der Waals surface area (Å²) < 4.78 is 19.8. The van der Waals surface area contributed by atoms with Crippen LogP contribution in [0.4, 0.5) is 10.1 Å². The zero-order chi connectivity index (χ0) is 26.3. The number of benzene rings is 2. The lowest BCUT2D eigenvalue weighted by Gasteiger charge is -2.30. The lowest BCUT2D eigenvalue weighted by molar-refractivity contribution is -0.126. The number of halogens is 1. The van der Waals surface area contributed by atoms with Crippen molar-refractivity contribution >= 4 is 52.5 Å². The van der Waals surface area contributed by atoms with Crippen molar-refractivity contribution in [1.82, 2.24) is 9.88 Å². The highest BCUT2D eigenvalue weighted by molar-refractivity contribution is 8.00. The van der Waals surface area contributed by atoms with Crippen LogP contribution in [-0.2, 0) is 25.7 Å². The first-order chi connectivity index (χ1) is 17.8. The first-order valence-corrected chi connectivity index (χ1v) is 13.0. The summed E-state index contributed by atoms with van der Waals surface area (Å²) in [6, 6.07) is 11.7. The van der Waals surface area contributed by atoms with Gasteiger partial charge in [-0.25, -0.2) is 9.18 Å². The molecule has 3 heterocycles. The van der Waals surface area contributed by atoms with Gasteiger partial charge in [-0.2, -0.15) is 0 Å². The molecule has 0 bridgehead atoms. The minimum Gasteiger partial charge on any atom is -0.462 e. The average Bonchev–Trinajstić information content (AvgIpc) is 3.33. The number of nitrogens with one attached hydrogen (secondary N) is 2. The number of esters is 1. The number of ether oxygens (including phenoxy) is 1. The van der Waals surface area contributed by atoms with Gasteiger partial charge in [0.25, 0.3) is 0 Å². The van der Waals surface area contributed by atoms with Crippen LogP contribution in [0.1, 0.15) is 33.6 Å². The van der Waals surface area contributed by atoms with Crippen molar-refractivity contribution in [3.05, 3.63) is 80.0 Å². The van der Waals surface area contributed by atoms with Crippen LogP contribution < -0.4 is 15.5 Å². The maximum Gasteiger partial charge on any atom is 0.338 e. The second-order valence-corrected chi connectivity index (χ2v) is 10.5. The SMILES string of the molecule is CCOC(=O)c1ccc(NC(=O)Cn2c3c(sc2=O)[C@@H](c2ccc(F)cc2)[C@H]2C(=O)NC(=O)[C@H]2S3)cc1. The van der Waals surface area contributed by atoms with Crippen LogP contribution in [0, 0.1) is 11.7 Å². The Morgan fingerprint density at radius 3 is 2.43 bits per heavy atom. The number of anilines is 1. The Kier molecular flexibility index (Phi) is 6.69. The summed E-state index contributed by atoms with van der Waals surface area (Å²) in [6.45, 7) is 1.63. The molecule has 37 heavy (non-hydrogen) atoms. The van der Waals surface area contributed by atoms with Crippen LogP contribution in [-0.4, -0.2) is 40.1 Å². The lowest BCUT2D eigenvalue weighted by Crippen LogP contribution is -2.32. The van der Waals surface area contributed by atoms with E-state index >= 15 is 0 Å². The van der Waals surface area contributed by atoms with E-state index in [0.29, 0.717) is 26.7 Å².